The summed E-state index contributed by atoms with van der Waals surface area (Å²) in [4.78, 5) is 26.6. The summed E-state index contributed by atoms with van der Waals surface area (Å²) in [5, 5.41) is 28.0. The molecule has 332 valence electrons. The van der Waals surface area contributed by atoms with Crippen molar-refractivity contribution in [2.24, 2.45) is 32.3 Å². The lowest BCUT2D eigenvalue weighted by atomic mass is 9.91. The number of carbonyl (C=O) groups is 1. The van der Waals surface area contributed by atoms with Crippen LogP contribution in [0.3, 0.4) is 0 Å². The molecule has 0 aliphatic carbocycles. The Labute approximate surface area is 367 Å². The summed E-state index contributed by atoms with van der Waals surface area (Å²) < 4.78 is 8.52. The van der Waals surface area contributed by atoms with Crippen LogP contribution in [0.15, 0.2) is 75.3 Å². The molecule has 15 heteroatoms. The minimum Gasteiger partial charge on any atom is -0.462 e. The van der Waals surface area contributed by atoms with Crippen LogP contribution in [0.25, 0.3) is 11.9 Å². The predicted octanol–water partition coefficient (Wildman–Crippen LogP) is 12.4. The van der Waals surface area contributed by atoms with Crippen molar-refractivity contribution in [1.82, 2.24) is 34.5 Å². The molecule has 0 fully saturated rings. The molecule has 0 saturated heterocycles. The van der Waals surface area contributed by atoms with Gasteiger partial charge in [0.05, 0.1) is 34.9 Å². The van der Waals surface area contributed by atoms with Gasteiger partial charge in [0, 0.05) is 10.8 Å². The van der Waals surface area contributed by atoms with Crippen LogP contribution in [0, 0.1) is 11.8 Å². The minimum absolute atomic E-state index is 0.126. The smallest absolute Gasteiger partial charge is 0.338 e. The highest BCUT2D eigenvalue weighted by Gasteiger charge is 2.30. The first kappa shape index (κ1) is 47.2. The lowest BCUT2D eigenvalue weighted by molar-refractivity contribution is 0.0428. The molecule has 15 nitrogen and oxygen atoms in total. The maximum absolute atomic E-state index is 13.0. The van der Waals surface area contributed by atoms with Gasteiger partial charge in [0.15, 0.2) is 23.0 Å². The van der Waals surface area contributed by atoms with Crippen LogP contribution in [0.1, 0.15) is 154 Å². The zero-order valence-electron chi connectivity index (χ0n) is 38.5. The number of benzene rings is 2. The number of hydrogen-bond donors (Lipinski definition) is 2. The maximum atomic E-state index is 13.0. The van der Waals surface area contributed by atoms with Gasteiger partial charge in [-0.25, -0.2) is 4.79 Å². The first-order chi connectivity index (χ1) is 29.6. The van der Waals surface area contributed by atoms with Crippen molar-refractivity contribution in [2.45, 2.75) is 144 Å². The summed E-state index contributed by atoms with van der Waals surface area (Å²) in [5.74, 6) is 1.32. The first-order valence-corrected chi connectivity index (χ1v) is 22.2. The quantitative estimate of drug-likeness (QED) is 0.0564. The van der Waals surface area contributed by atoms with Crippen molar-refractivity contribution >= 4 is 40.4 Å². The van der Waals surface area contributed by atoms with Gasteiger partial charge in [-0.1, -0.05) is 132 Å². The van der Waals surface area contributed by atoms with Crippen LogP contribution in [0.5, 0.6) is 0 Å². The van der Waals surface area contributed by atoms with E-state index in [1.807, 2.05) is 53.7 Å². The topological polar surface area (TPSA) is 202 Å². The number of aromatic nitrogens is 7. The highest BCUT2D eigenvalue weighted by atomic mass is 16.5. The number of nitrogens with two attached hydrogens (primary N) is 2. The Morgan fingerprint density at radius 1 is 0.694 bits per heavy atom. The van der Waals surface area contributed by atoms with E-state index in [4.69, 9.17) is 31.4 Å². The average molecular weight is 846 g/mol. The third kappa shape index (κ3) is 12.2. The summed E-state index contributed by atoms with van der Waals surface area (Å²) in [6.07, 6.45) is 12.7. The van der Waals surface area contributed by atoms with Gasteiger partial charge >= 0.3 is 5.97 Å². The van der Waals surface area contributed by atoms with E-state index < -0.39 is 16.8 Å². The number of esters is 1. The Balaban J connectivity index is 1.42. The summed E-state index contributed by atoms with van der Waals surface area (Å²) >= 11 is 0. The Morgan fingerprint density at radius 2 is 1.21 bits per heavy atom. The molecule has 5 aromatic rings. The van der Waals surface area contributed by atoms with Crippen molar-refractivity contribution < 1.29 is 9.53 Å². The number of azo groups is 2. The van der Waals surface area contributed by atoms with Gasteiger partial charge < -0.3 is 16.2 Å². The van der Waals surface area contributed by atoms with Gasteiger partial charge in [0.2, 0.25) is 0 Å². The molecule has 4 N–H and O–H groups in total. The second-order valence-electron chi connectivity index (χ2n) is 18.2. The average Bonchev–Trinajstić information content (AvgIpc) is 3.78. The molecule has 62 heavy (non-hydrogen) atoms. The summed E-state index contributed by atoms with van der Waals surface area (Å²) in [6.45, 7) is 21.3. The van der Waals surface area contributed by atoms with E-state index in [0.717, 1.165) is 50.1 Å². The second-order valence-corrected chi connectivity index (χ2v) is 18.2. The summed E-state index contributed by atoms with van der Waals surface area (Å²) in [5.41, 5.74) is 17.4. The van der Waals surface area contributed by atoms with Crippen LogP contribution >= 0.6 is 0 Å². The molecule has 0 bridgehead atoms. The molecule has 0 aliphatic heterocycles. The summed E-state index contributed by atoms with van der Waals surface area (Å²) in [6, 6.07) is 15.1. The van der Waals surface area contributed by atoms with Crippen molar-refractivity contribution in [3.05, 3.63) is 77.4 Å². The molecule has 5 rings (SSSR count). The van der Waals surface area contributed by atoms with Crippen LogP contribution in [-0.2, 0) is 22.0 Å². The minimum atomic E-state index is -0.497. The Kier molecular flexibility index (Phi) is 16.2. The second kappa shape index (κ2) is 21.3. The fourth-order valence-corrected chi connectivity index (χ4v) is 7.12. The van der Waals surface area contributed by atoms with Crippen LogP contribution in [-0.4, -0.2) is 47.1 Å². The number of rotatable bonds is 20. The van der Waals surface area contributed by atoms with E-state index in [0.29, 0.717) is 46.5 Å². The summed E-state index contributed by atoms with van der Waals surface area (Å²) in [7, 11) is 0. The lowest BCUT2D eigenvalue weighted by Gasteiger charge is -2.15. The maximum Gasteiger partial charge on any atom is 0.338 e. The van der Waals surface area contributed by atoms with Gasteiger partial charge in [0.25, 0.3) is 11.9 Å². The monoisotopic (exact) mass is 846 g/mol. The number of anilines is 2. The number of unbranched alkanes of at least 4 members (excludes halogenated alkanes) is 2. The molecule has 3 heterocycles. The number of hydrogen-bond acceptors (Lipinski definition) is 13. The molecule has 0 spiro atoms. The number of ether oxygens (including phenoxy) is 1. The number of aryl methyl sites for hydroxylation is 1. The number of carbonyl (C=O) groups excluding carboxylic acids is 1. The van der Waals surface area contributed by atoms with E-state index in [-0.39, 0.29) is 23.5 Å². The van der Waals surface area contributed by atoms with Gasteiger partial charge in [-0.3, -0.25) is 0 Å². The van der Waals surface area contributed by atoms with E-state index >= 15 is 0 Å². The van der Waals surface area contributed by atoms with Crippen LogP contribution in [0.2, 0.25) is 0 Å². The number of nitrogen functional groups attached to an aromatic ring is 2. The molecule has 2 aromatic carbocycles. The van der Waals surface area contributed by atoms with E-state index in [1.54, 1.807) is 24.3 Å². The molecule has 2 atom stereocenters. The molecule has 0 aliphatic rings. The van der Waals surface area contributed by atoms with Gasteiger partial charge in [-0.2, -0.15) is 44.7 Å². The van der Waals surface area contributed by atoms with Crippen LogP contribution < -0.4 is 11.5 Å². The SMILES string of the molecule is CCCCC(CC)CCc1cccc(/N=N/c2c(C(C)(C)C)nn(-c3ncnc(-n4nc(C(C)(C)C)c(/N=N/c5cccc(C(=O)OCC(CC)CCCC)c5)c4N)n3)c2N)c1. The molecule has 3 aromatic heterocycles. The van der Waals surface area contributed by atoms with E-state index in [2.05, 4.69) is 70.3 Å². The normalized spacial score (nSPS) is 13.3. The molecular weight excluding hydrogens is 779 g/mol. The largest absolute Gasteiger partial charge is 0.462 e. The molecule has 0 radical (unpaired) electrons. The molecule has 0 saturated carbocycles. The fraction of sp³-hybridized carbons (Fsp3) is 0.532. The highest BCUT2D eigenvalue weighted by Crippen LogP contribution is 2.39. The highest BCUT2D eigenvalue weighted by molar-refractivity contribution is 5.90. The molecule has 2 unspecified atom stereocenters. The van der Waals surface area contributed by atoms with Crippen molar-refractivity contribution in [3.63, 3.8) is 0 Å². The molecule has 0 amide bonds. The Hall–Kier alpha value is -5.86. The van der Waals surface area contributed by atoms with Gasteiger partial charge in [-0.05, 0) is 67.0 Å². The van der Waals surface area contributed by atoms with Crippen molar-refractivity contribution in [1.29, 1.82) is 0 Å². The first-order valence-electron chi connectivity index (χ1n) is 22.2. The third-order valence-corrected chi connectivity index (χ3v) is 11.0. The van der Waals surface area contributed by atoms with Gasteiger partial charge in [0.1, 0.15) is 6.33 Å². The Morgan fingerprint density at radius 3 is 1.73 bits per heavy atom. The van der Waals surface area contributed by atoms with Crippen molar-refractivity contribution in [2.75, 3.05) is 18.1 Å². The Bertz CT molecular complexity index is 2310. The molecular formula is C47H67N13O2. The standard InChI is InChI=1S/C47H67N13O2/c1-11-15-19-31(13-3)25-26-33-21-17-23-35(27-33)53-55-37-39(46(5,6)7)57-59(41(37)48)44-50-30-51-45(52-44)60-42(49)38(40(58-60)47(8,9)10)56-54-36-24-18-22-34(28-36)43(61)62-29-32(14-4)20-16-12-2/h17-18,21-24,27-28,30-32H,11-16,19-20,25-26,29,48-49H2,1-10H3/b55-53+,56-54+. The van der Waals surface area contributed by atoms with Crippen molar-refractivity contribution in [3.8, 4) is 11.9 Å². The van der Waals surface area contributed by atoms with E-state index in [9.17, 15) is 4.79 Å². The number of nitrogens with zero attached hydrogens (tertiary/aromatic N) is 11. The predicted molar refractivity (Wildman–Crippen MR) is 247 cm³/mol. The zero-order chi connectivity index (χ0) is 45.0. The van der Waals surface area contributed by atoms with Gasteiger partial charge in [-0.15, -0.1) is 10.2 Å². The van der Waals surface area contributed by atoms with E-state index in [1.165, 1.54) is 46.9 Å². The van der Waals surface area contributed by atoms with Crippen LogP contribution in [0.4, 0.5) is 34.4 Å². The lowest BCUT2D eigenvalue weighted by Crippen LogP contribution is -2.16. The fourth-order valence-electron chi connectivity index (χ4n) is 7.12. The third-order valence-electron chi connectivity index (χ3n) is 11.0. The zero-order valence-corrected chi connectivity index (χ0v) is 38.5.